The molecule has 2 aromatic heterocycles. The van der Waals surface area contributed by atoms with Gasteiger partial charge in [0.15, 0.2) is 5.13 Å². The van der Waals surface area contributed by atoms with Crippen molar-refractivity contribution in [2.24, 2.45) is 0 Å². The van der Waals surface area contributed by atoms with Gasteiger partial charge in [-0.15, -0.1) is 11.8 Å². The average molecular weight is 436 g/mol. The average Bonchev–Trinajstić information content (AvgIpc) is 3.20. The fourth-order valence-corrected chi connectivity index (χ4v) is 4.69. The fourth-order valence-electron chi connectivity index (χ4n) is 2.91. The predicted molar refractivity (Wildman–Crippen MR) is 124 cm³/mol. The van der Waals surface area contributed by atoms with E-state index in [2.05, 4.69) is 24.0 Å². The van der Waals surface area contributed by atoms with Crippen LogP contribution in [0.4, 0.5) is 5.13 Å². The number of pyridine rings is 1. The summed E-state index contributed by atoms with van der Waals surface area (Å²) in [7, 11) is 1.64. The molecule has 2 aromatic carbocycles. The normalized spacial score (nSPS) is 10.9. The highest BCUT2D eigenvalue weighted by atomic mass is 32.2. The number of nitrogens with zero attached hydrogens (tertiary/aromatic N) is 3. The van der Waals surface area contributed by atoms with Gasteiger partial charge in [-0.05, 0) is 49.4 Å². The van der Waals surface area contributed by atoms with E-state index < -0.39 is 0 Å². The monoisotopic (exact) mass is 435 g/mol. The molecule has 0 bridgehead atoms. The van der Waals surface area contributed by atoms with Crippen molar-refractivity contribution in [3.63, 3.8) is 0 Å². The Morgan fingerprint density at radius 3 is 2.70 bits per heavy atom. The van der Waals surface area contributed by atoms with Crippen LogP contribution in [-0.4, -0.2) is 28.7 Å². The number of hydrogen-bond donors (Lipinski definition) is 0. The first-order valence-electron chi connectivity index (χ1n) is 9.47. The summed E-state index contributed by atoms with van der Waals surface area (Å²) in [6.07, 6.45) is 1.74. The summed E-state index contributed by atoms with van der Waals surface area (Å²) in [5.41, 5.74) is 2.87. The smallest absolute Gasteiger partial charge is 0.239 e. The maximum atomic E-state index is 13.2. The van der Waals surface area contributed by atoms with Gasteiger partial charge in [0.2, 0.25) is 5.91 Å². The second-order valence-electron chi connectivity index (χ2n) is 6.73. The molecule has 0 radical (unpaired) electrons. The van der Waals surface area contributed by atoms with Gasteiger partial charge >= 0.3 is 0 Å². The lowest BCUT2D eigenvalue weighted by molar-refractivity contribution is -0.116. The van der Waals surface area contributed by atoms with Crippen LogP contribution in [0.3, 0.4) is 0 Å². The molecule has 4 aromatic rings. The first-order valence-corrected chi connectivity index (χ1v) is 11.3. The molecule has 7 heteroatoms. The van der Waals surface area contributed by atoms with Gasteiger partial charge in [-0.3, -0.25) is 14.7 Å². The highest BCUT2D eigenvalue weighted by molar-refractivity contribution is 8.00. The SMILES string of the molecule is COc1ccc2nc(N(Cc3ccccn3)C(=O)CSc3ccc(C)cc3)sc2c1. The van der Waals surface area contributed by atoms with Crippen molar-refractivity contribution in [2.45, 2.75) is 18.4 Å². The molecule has 0 aliphatic carbocycles. The molecule has 0 fully saturated rings. The lowest BCUT2D eigenvalue weighted by Gasteiger charge is -2.19. The number of anilines is 1. The van der Waals surface area contributed by atoms with Crippen molar-refractivity contribution in [2.75, 3.05) is 17.8 Å². The lowest BCUT2D eigenvalue weighted by atomic mass is 10.2. The summed E-state index contributed by atoms with van der Waals surface area (Å²) >= 11 is 3.01. The number of aromatic nitrogens is 2. The third kappa shape index (κ3) is 4.80. The van der Waals surface area contributed by atoms with E-state index in [1.54, 1.807) is 18.2 Å². The minimum Gasteiger partial charge on any atom is -0.497 e. The second-order valence-corrected chi connectivity index (χ2v) is 8.79. The first-order chi connectivity index (χ1) is 14.6. The Morgan fingerprint density at radius 1 is 1.13 bits per heavy atom. The minimum atomic E-state index is -0.00255. The van der Waals surface area contributed by atoms with Crippen LogP contribution in [0.15, 0.2) is 71.8 Å². The number of thiazole rings is 1. The molecule has 0 atom stereocenters. The van der Waals surface area contributed by atoms with Crippen molar-refractivity contribution < 1.29 is 9.53 Å². The van der Waals surface area contributed by atoms with Crippen LogP contribution in [0.5, 0.6) is 5.75 Å². The van der Waals surface area contributed by atoms with Crippen LogP contribution in [0.1, 0.15) is 11.3 Å². The number of rotatable bonds is 7. The molecule has 0 aliphatic heterocycles. The van der Waals surface area contributed by atoms with E-state index in [4.69, 9.17) is 9.72 Å². The number of methoxy groups -OCH3 is 1. The van der Waals surface area contributed by atoms with Gasteiger partial charge in [0.25, 0.3) is 0 Å². The van der Waals surface area contributed by atoms with E-state index in [9.17, 15) is 4.79 Å². The summed E-state index contributed by atoms with van der Waals surface area (Å²) in [4.78, 5) is 25.1. The number of amides is 1. The Hall–Kier alpha value is -2.90. The minimum absolute atomic E-state index is 0.00255. The molecule has 30 heavy (non-hydrogen) atoms. The van der Waals surface area contributed by atoms with Gasteiger partial charge in [0, 0.05) is 11.1 Å². The number of fused-ring (bicyclic) bond motifs is 1. The molecule has 0 N–H and O–H groups in total. The second kappa shape index (κ2) is 9.28. The maximum Gasteiger partial charge on any atom is 0.239 e. The molecule has 5 nitrogen and oxygen atoms in total. The van der Waals surface area contributed by atoms with Gasteiger partial charge in [-0.1, -0.05) is 35.1 Å². The number of carbonyl (C=O) groups excluding carboxylic acids is 1. The molecule has 0 spiro atoms. The molecule has 152 valence electrons. The van der Waals surface area contributed by atoms with Gasteiger partial charge in [0.05, 0.1) is 35.3 Å². The summed E-state index contributed by atoms with van der Waals surface area (Å²) in [6, 6.07) is 19.6. The van der Waals surface area contributed by atoms with Crippen LogP contribution in [-0.2, 0) is 11.3 Å². The zero-order chi connectivity index (χ0) is 20.9. The van der Waals surface area contributed by atoms with Crippen LogP contribution in [0.2, 0.25) is 0 Å². The number of hydrogen-bond acceptors (Lipinski definition) is 6. The largest absolute Gasteiger partial charge is 0.497 e. The van der Waals surface area contributed by atoms with E-state index in [1.807, 2.05) is 48.5 Å². The highest BCUT2D eigenvalue weighted by Gasteiger charge is 2.21. The third-order valence-corrected chi connectivity index (χ3v) is 6.58. The molecular formula is C23H21N3O2S2. The molecule has 4 rings (SSSR count). The van der Waals surface area contributed by atoms with Crippen molar-refractivity contribution in [1.29, 1.82) is 0 Å². The predicted octanol–water partition coefficient (Wildman–Crippen LogP) is 5.33. The first kappa shape index (κ1) is 20.4. The van der Waals surface area contributed by atoms with E-state index in [1.165, 1.54) is 28.7 Å². The Labute approximate surface area is 183 Å². The summed E-state index contributed by atoms with van der Waals surface area (Å²) in [5, 5.41) is 0.665. The molecule has 2 heterocycles. The lowest BCUT2D eigenvalue weighted by Crippen LogP contribution is -2.32. The summed E-state index contributed by atoms with van der Waals surface area (Å²) in [6.45, 7) is 2.43. The topological polar surface area (TPSA) is 55.3 Å². The van der Waals surface area contributed by atoms with E-state index in [-0.39, 0.29) is 5.91 Å². The van der Waals surface area contributed by atoms with E-state index in [0.717, 1.165) is 26.6 Å². The van der Waals surface area contributed by atoms with Gasteiger partial charge in [0.1, 0.15) is 5.75 Å². The number of ether oxygens (including phenoxy) is 1. The van der Waals surface area contributed by atoms with Crippen LogP contribution in [0, 0.1) is 6.92 Å². The summed E-state index contributed by atoms with van der Waals surface area (Å²) < 4.78 is 6.30. The van der Waals surface area contributed by atoms with Crippen LogP contribution >= 0.6 is 23.1 Å². The molecule has 0 saturated heterocycles. The highest BCUT2D eigenvalue weighted by Crippen LogP contribution is 2.32. The Bertz CT molecular complexity index is 1140. The van der Waals surface area contributed by atoms with Crippen molar-refractivity contribution in [3.05, 3.63) is 78.1 Å². The standard InChI is InChI=1S/C23H21N3O2S2/c1-16-6-9-19(10-7-16)29-15-22(27)26(14-17-5-3-4-12-24-17)23-25-20-11-8-18(28-2)13-21(20)30-23/h3-13H,14-15H2,1-2H3. The third-order valence-electron chi connectivity index (χ3n) is 4.55. The Balaban J connectivity index is 1.60. The van der Waals surface area contributed by atoms with Crippen molar-refractivity contribution >= 4 is 44.4 Å². The van der Waals surface area contributed by atoms with E-state index in [0.29, 0.717) is 17.4 Å². The number of thioether (sulfide) groups is 1. The molecule has 1 amide bonds. The Kier molecular flexibility index (Phi) is 6.30. The summed E-state index contributed by atoms with van der Waals surface area (Å²) in [5.74, 6) is 1.10. The zero-order valence-corrected chi connectivity index (χ0v) is 18.4. The fraction of sp³-hybridized carbons (Fsp3) is 0.174. The Morgan fingerprint density at radius 2 is 1.97 bits per heavy atom. The quantitative estimate of drug-likeness (QED) is 0.367. The molecule has 0 unspecified atom stereocenters. The van der Waals surface area contributed by atoms with E-state index >= 15 is 0 Å². The van der Waals surface area contributed by atoms with Gasteiger partial charge in [-0.2, -0.15) is 0 Å². The van der Waals surface area contributed by atoms with Crippen molar-refractivity contribution in [3.8, 4) is 5.75 Å². The van der Waals surface area contributed by atoms with Crippen molar-refractivity contribution in [1.82, 2.24) is 9.97 Å². The zero-order valence-electron chi connectivity index (χ0n) is 16.7. The number of carbonyl (C=O) groups is 1. The molecule has 0 saturated carbocycles. The van der Waals surface area contributed by atoms with Gasteiger partial charge in [-0.25, -0.2) is 4.98 Å². The molecular weight excluding hydrogens is 414 g/mol. The van der Waals surface area contributed by atoms with Crippen LogP contribution in [0.25, 0.3) is 10.2 Å². The number of benzene rings is 2. The number of aryl methyl sites for hydroxylation is 1. The molecule has 0 aliphatic rings. The van der Waals surface area contributed by atoms with Gasteiger partial charge < -0.3 is 4.74 Å². The maximum absolute atomic E-state index is 13.2. The van der Waals surface area contributed by atoms with Crippen LogP contribution < -0.4 is 9.64 Å².